The molecule has 1 aliphatic carbocycles. The normalized spacial score (nSPS) is 18.8. The highest BCUT2D eigenvalue weighted by atomic mass is 16.4. The fourth-order valence-electron chi connectivity index (χ4n) is 4.80. The number of anilines is 1. The Kier molecular flexibility index (Phi) is 5.39. The fourth-order valence-corrected chi connectivity index (χ4v) is 4.80. The Hall–Kier alpha value is -3.62. The molecule has 4 aromatic heterocycles. The van der Waals surface area contributed by atoms with E-state index in [9.17, 15) is 9.90 Å². The second-order valence-electron chi connectivity index (χ2n) is 9.14. The van der Waals surface area contributed by atoms with Crippen molar-refractivity contribution >= 4 is 28.3 Å². The first-order valence-corrected chi connectivity index (χ1v) is 11.4. The number of pyridine rings is 1. The quantitative estimate of drug-likeness (QED) is 0.461. The maximum Gasteiger partial charge on any atom is 0.407 e. The molecule has 9 nitrogen and oxygen atoms in total. The summed E-state index contributed by atoms with van der Waals surface area (Å²) in [6, 6.07) is 6.65. The molecule has 33 heavy (non-hydrogen) atoms. The summed E-state index contributed by atoms with van der Waals surface area (Å²) in [4.78, 5) is 16.9. The Morgan fingerprint density at radius 1 is 1.21 bits per heavy atom. The number of fused-ring (bicyclic) bond motifs is 3. The number of nitrogens with one attached hydrogen (secondary N) is 1. The summed E-state index contributed by atoms with van der Waals surface area (Å²) in [5, 5.41) is 23.5. The molecule has 4 heterocycles. The average Bonchev–Trinajstić information content (AvgIpc) is 3.41. The minimum absolute atomic E-state index is 0.0819. The molecule has 172 valence electrons. The molecular weight excluding hydrogens is 418 g/mol. The van der Waals surface area contributed by atoms with Crippen molar-refractivity contribution in [2.75, 3.05) is 12.4 Å². The molecule has 0 bridgehead atoms. The summed E-state index contributed by atoms with van der Waals surface area (Å²) in [5.74, 6) is 0.841. The van der Waals surface area contributed by atoms with Crippen molar-refractivity contribution in [3.05, 3.63) is 43.0 Å². The van der Waals surface area contributed by atoms with E-state index in [1.165, 1.54) is 4.90 Å². The van der Waals surface area contributed by atoms with Gasteiger partial charge >= 0.3 is 6.09 Å². The Balaban J connectivity index is 1.47. The Labute approximate surface area is 192 Å². The average molecular weight is 448 g/mol. The van der Waals surface area contributed by atoms with Crippen molar-refractivity contribution in [3.63, 3.8) is 0 Å². The van der Waals surface area contributed by atoms with Crippen molar-refractivity contribution in [2.45, 2.75) is 57.7 Å². The first kappa shape index (κ1) is 21.2. The van der Waals surface area contributed by atoms with Gasteiger partial charge in [0.25, 0.3) is 0 Å². The van der Waals surface area contributed by atoms with Crippen molar-refractivity contribution < 1.29 is 9.90 Å². The van der Waals surface area contributed by atoms with E-state index >= 15 is 0 Å². The summed E-state index contributed by atoms with van der Waals surface area (Å²) in [7, 11) is 1.66. The van der Waals surface area contributed by atoms with Crippen molar-refractivity contribution in [1.82, 2.24) is 29.3 Å². The predicted molar refractivity (Wildman–Crippen MR) is 128 cm³/mol. The van der Waals surface area contributed by atoms with Crippen LogP contribution in [0.4, 0.5) is 10.6 Å². The maximum absolute atomic E-state index is 11.3. The van der Waals surface area contributed by atoms with Crippen LogP contribution in [0, 0.1) is 0 Å². The van der Waals surface area contributed by atoms with E-state index in [-0.39, 0.29) is 18.1 Å². The van der Waals surface area contributed by atoms with Gasteiger partial charge in [-0.3, -0.25) is 9.67 Å². The van der Waals surface area contributed by atoms with E-state index in [4.69, 9.17) is 5.10 Å². The van der Waals surface area contributed by atoms with Crippen molar-refractivity contribution in [3.8, 4) is 11.1 Å². The first-order chi connectivity index (χ1) is 15.9. The molecule has 1 aliphatic rings. The van der Waals surface area contributed by atoms with Crippen LogP contribution in [0.2, 0.25) is 0 Å². The van der Waals surface area contributed by atoms with E-state index < -0.39 is 6.09 Å². The molecule has 0 aromatic carbocycles. The largest absolute Gasteiger partial charge is 0.465 e. The second kappa shape index (κ2) is 8.38. The number of carbonyl (C=O) groups is 1. The highest BCUT2D eigenvalue weighted by Gasteiger charge is 2.27. The van der Waals surface area contributed by atoms with Gasteiger partial charge in [0.1, 0.15) is 0 Å². The van der Waals surface area contributed by atoms with Gasteiger partial charge in [-0.25, -0.2) is 9.31 Å². The molecule has 1 saturated carbocycles. The van der Waals surface area contributed by atoms with Gasteiger partial charge in [0, 0.05) is 54.9 Å². The lowest BCUT2D eigenvalue weighted by molar-refractivity contribution is 0.125. The number of rotatable bonds is 5. The Bertz CT molecular complexity index is 1290. The molecule has 2 N–H and O–H groups in total. The van der Waals surface area contributed by atoms with E-state index in [1.54, 1.807) is 13.2 Å². The van der Waals surface area contributed by atoms with Crippen LogP contribution in [0.25, 0.3) is 27.5 Å². The zero-order valence-corrected chi connectivity index (χ0v) is 19.1. The maximum atomic E-state index is 11.3. The number of carboxylic acid groups (broad SMARTS) is 1. The smallest absolute Gasteiger partial charge is 0.407 e. The van der Waals surface area contributed by atoms with Gasteiger partial charge in [0.05, 0.1) is 22.6 Å². The molecule has 0 saturated heterocycles. The lowest BCUT2D eigenvalue weighted by atomic mass is 9.90. The van der Waals surface area contributed by atoms with Crippen LogP contribution < -0.4 is 5.32 Å². The van der Waals surface area contributed by atoms with E-state index in [1.807, 2.05) is 35.2 Å². The number of hydrogen-bond donors (Lipinski definition) is 2. The summed E-state index contributed by atoms with van der Waals surface area (Å²) in [6.45, 7) is 4.26. The monoisotopic (exact) mass is 447 g/mol. The molecule has 0 spiro atoms. The van der Waals surface area contributed by atoms with Gasteiger partial charge in [0.2, 0.25) is 0 Å². The third-order valence-corrected chi connectivity index (χ3v) is 6.67. The molecule has 0 unspecified atom stereocenters. The molecule has 1 fully saturated rings. The summed E-state index contributed by atoms with van der Waals surface area (Å²) in [6.07, 6.45) is 10.2. The molecule has 0 aliphatic heterocycles. The van der Waals surface area contributed by atoms with Gasteiger partial charge in [0.15, 0.2) is 5.82 Å². The number of hydrogen-bond acceptors (Lipinski definition) is 5. The number of amides is 1. The topological polar surface area (TPSA) is 101 Å². The van der Waals surface area contributed by atoms with Crippen LogP contribution in [0.1, 0.15) is 45.6 Å². The lowest BCUT2D eigenvalue weighted by Gasteiger charge is -2.33. The zero-order valence-electron chi connectivity index (χ0n) is 19.1. The lowest BCUT2D eigenvalue weighted by Crippen LogP contribution is -2.40. The minimum Gasteiger partial charge on any atom is -0.465 e. The minimum atomic E-state index is -0.860. The van der Waals surface area contributed by atoms with Crippen LogP contribution in [0.5, 0.6) is 0 Å². The van der Waals surface area contributed by atoms with Crippen LogP contribution in [-0.2, 0) is 0 Å². The van der Waals surface area contributed by atoms with Gasteiger partial charge in [-0.2, -0.15) is 10.2 Å². The zero-order chi connectivity index (χ0) is 23.1. The molecular formula is C24H29N7O2. The molecule has 5 rings (SSSR count). The van der Waals surface area contributed by atoms with Crippen LogP contribution >= 0.6 is 0 Å². The summed E-state index contributed by atoms with van der Waals surface area (Å²) >= 11 is 0. The van der Waals surface area contributed by atoms with Gasteiger partial charge < -0.3 is 15.3 Å². The molecule has 0 atom stereocenters. The summed E-state index contributed by atoms with van der Waals surface area (Å²) < 4.78 is 3.97. The fraction of sp³-hybridized carbons (Fsp3) is 0.417. The van der Waals surface area contributed by atoms with Crippen molar-refractivity contribution in [2.24, 2.45) is 0 Å². The third kappa shape index (κ3) is 3.88. The van der Waals surface area contributed by atoms with Crippen LogP contribution in [0.3, 0.4) is 0 Å². The van der Waals surface area contributed by atoms with Gasteiger partial charge in [-0.05, 0) is 51.7 Å². The van der Waals surface area contributed by atoms with Gasteiger partial charge in [-0.15, -0.1) is 0 Å². The molecule has 4 aromatic rings. The standard InChI is InChI=1S/C24H29N7O2/c1-15(2)31-22-20(13-26-30-14-17(11-21(22)30)16-5-4-10-25-12-16)23(28-31)27-18-6-8-19(9-7-18)29(3)24(32)33/h4-5,10-15,18-19H,6-9H2,1-3H3,(H,27,28)(H,32,33). The Morgan fingerprint density at radius 3 is 2.67 bits per heavy atom. The van der Waals surface area contributed by atoms with E-state index in [0.717, 1.165) is 59.0 Å². The Morgan fingerprint density at radius 2 is 2.00 bits per heavy atom. The van der Waals surface area contributed by atoms with Crippen molar-refractivity contribution in [1.29, 1.82) is 0 Å². The van der Waals surface area contributed by atoms with E-state index in [2.05, 4.69) is 40.0 Å². The highest BCUT2D eigenvalue weighted by Crippen LogP contribution is 2.33. The molecule has 0 radical (unpaired) electrons. The third-order valence-electron chi connectivity index (χ3n) is 6.67. The first-order valence-electron chi connectivity index (χ1n) is 11.4. The second-order valence-corrected chi connectivity index (χ2v) is 9.14. The molecule has 9 heteroatoms. The van der Waals surface area contributed by atoms with E-state index in [0.29, 0.717) is 0 Å². The van der Waals surface area contributed by atoms with Crippen LogP contribution in [-0.4, -0.2) is 59.6 Å². The van der Waals surface area contributed by atoms with Gasteiger partial charge in [-0.1, -0.05) is 6.07 Å². The highest BCUT2D eigenvalue weighted by molar-refractivity contribution is 6.00. The molecule has 1 amide bonds. The van der Waals surface area contributed by atoms with Crippen LogP contribution in [0.15, 0.2) is 43.0 Å². The summed E-state index contributed by atoms with van der Waals surface area (Å²) in [5.41, 5.74) is 4.17. The SMILES string of the molecule is CC(C)n1nc(NC2CCC(N(C)C(=O)O)CC2)c2cnn3cc(-c4cccnc4)cc3c21. The number of nitrogens with zero attached hydrogens (tertiary/aromatic N) is 6. The number of aromatic nitrogens is 5. The predicted octanol–water partition coefficient (Wildman–Crippen LogP) is 4.66.